The minimum atomic E-state index is 0.875. The Labute approximate surface area is 105 Å². The maximum absolute atomic E-state index is 5.33. The summed E-state index contributed by atoms with van der Waals surface area (Å²) in [5.41, 5.74) is 0.968. The van der Waals surface area contributed by atoms with Crippen LogP contribution in [0.15, 0.2) is 11.5 Å². The lowest BCUT2D eigenvalue weighted by molar-refractivity contribution is 0.527. The van der Waals surface area contributed by atoms with Gasteiger partial charge >= 0.3 is 0 Å². The third-order valence-corrected chi connectivity index (χ3v) is 1.54. The molecule has 0 bridgehead atoms. The molecule has 1 saturated heterocycles. The second kappa shape index (κ2) is 24.2. The Morgan fingerprint density at radius 2 is 1.38 bits per heavy atom. The lowest BCUT2D eigenvalue weighted by Gasteiger charge is -2.09. The molecule has 0 aromatic heterocycles. The molecule has 0 unspecified atom stereocenters. The third-order valence-electron chi connectivity index (χ3n) is 1.54. The van der Waals surface area contributed by atoms with Crippen LogP contribution in [0.1, 0.15) is 34.1 Å². The SMILES string of the molecule is C1CNC1.CC.CC.[B]C.[B]C1=CCNC1. The van der Waals surface area contributed by atoms with Crippen molar-refractivity contribution in [2.24, 2.45) is 0 Å². The van der Waals surface area contributed by atoms with E-state index in [2.05, 4.69) is 18.5 Å². The van der Waals surface area contributed by atoms with E-state index in [1.807, 2.05) is 33.8 Å². The number of hydrogen-bond donors (Lipinski definition) is 2. The van der Waals surface area contributed by atoms with Gasteiger partial charge in [-0.3, -0.25) is 0 Å². The second-order valence-corrected chi connectivity index (χ2v) is 2.51. The molecule has 2 rings (SSSR count). The third kappa shape index (κ3) is 19.4. The van der Waals surface area contributed by atoms with E-state index in [9.17, 15) is 0 Å². The van der Waals surface area contributed by atoms with Gasteiger partial charge in [-0.05, 0) is 19.5 Å². The Hall–Kier alpha value is -0.210. The normalized spacial score (nSPS) is 14.9. The molecule has 2 heterocycles. The predicted octanol–water partition coefficient (Wildman–Crippen LogP) is 1.88. The van der Waals surface area contributed by atoms with Crippen LogP contribution in [0, 0.1) is 0 Å². The molecule has 0 aromatic carbocycles. The summed E-state index contributed by atoms with van der Waals surface area (Å²) in [6, 6.07) is 0. The molecule has 2 aliphatic heterocycles. The molecule has 0 saturated carbocycles. The van der Waals surface area contributed by atoms with Crippen molar-refractivity contribution in [3.8, 4) is 0 Å². The van der Waals surface area contributed by atoms with E-state index in [0.29, 0.717) is 0 Å². The summed E-state index contributed by atoms with van der Waals surface area (Å²) in [4.78, 5) is 0. The predicted molar refractivity (Wildman–Crippen MR) is 78.5 cm³/mol. The molecule has 0 spiro atoms. The van der Waals surface area contributed by atoms with Crippen LogP contribution >= 0.6 is 0 Å². The topological polar surface area (TPSA) is 24.1 Å². The fraction of sp³-hybridized carbons (Fsp3) is 0.833. The van der Waals surface area contributed by atoms with Crippen molar-refractivity contribution in [2.45, 2.75) is 40.9 Å². The molecule has 4 heteroatoms. The highest BCUT2D eigenvalue weighted by molar-refractivity contribution is 6.22. The number of rotatable bonds is 0. The van der Waals surface area contributed by atoms with Crippen LogP contribution in [0.4, 0.5) is 0 Å². The van der Waals surface area contributed by atoms with Crippen molar-refractivity contribution in [1.82, 2.24) is 10.6 Å². The Balaban J connectivity index is -0.000000149. The Morgan fingerprint density at radius 3 is 1.44 bits per heavy atom. The van der Waals surface area contributed by atoms with Gasteiger partial charge in [0.1, 0.15) is 7.85 Å². The van der Waals surface area contributed by atoms with Crippen LogP contribution in [0.5, 0.6) is 0 Å². The van der Waals surface area contributed by atoms with Gasteiger partial charge in [0.15, 0.2) is 0 Å². The highest BCUT2D eigenvalue weighted by Gasteiger charge is 1.92. The quantitative estimate of drug-likeness (QED) is 0.611. The summed E-state index contributed by atoms with van der Waals surface area (Å²) < 4.78 is 0. The molecule has 4 radical (unpaired) electrons. The van der Waals surface area contributed by atoms with Gasteiger partial charge in [0, 0.05) is 13.1 Å². The fourth-order valence-electron chi connectivity index (χ4n) is 0.669. The zero-order valence-corrected chi connectivity index (χ0v) is 11.8. The number of nitrogens with one attached hydrogen (secondary N) is 2. The first-order chi connectivity index (χ1) is 7.89. The van der Waals surface area contributed by atoms with Gasteiger partial charge in [0.25, 0.3) is 0 Å². The summed E-state index contributed by atoms with van der Waals surface area (Å²) in [5, 5.41) is 6.17. The van der Waals surface area contributed by atoms with Gasteiger partial charge < -0.3 is 10.6 Å². The van der Waals surface area contributed by atoms with Crippen LogP contribution in [-0.2, 0) is 0 Å². The van der Waals surface area contributed by atoms with E-state index in [0.717, 1.165) is 18.6 Å². The van der Waals surface area contributed by atoms with Gasteiger partial charge in [-0.25, -0.2) is 0 Å². The van der Waals surface area contributed by atoms with Gasteiger partial charge in [-0.15, -0.1) is 5.47 Å². The van der Waals surface area contributed by atoms with E-state index < -0.39 is 0 Å². The van der Waals surface area contributed by atoms with Gasteiger partial charge in [-0.1, -0.05) is 40.6 Å². The standard InChI is InChI=1S/C4H6BN.C3H7N.2C2H6.CH3B/c5-4-1-2-6-3-4;1-2-4-3-1;3*1-2/h1,6H,2-3H2;4H,1-3H2;2*1-2H3;1H3. The summed E-state index contributed by atoms with van der Waals surface area (Å²) in [5.74, 6) is 0. The lowest BCUT2D eigenvalue weighted by Crippen LogP contribution is -2.29. The molecule has 0 aromatic rings. The van der Waals surface area contributed by atoms with Crippen molar-refractivity contribution in [3.05, 3.63) is 11.5 Å². The van der Waals surface area contributed by atoms with Crippen LogP contribution in [0.2, 0.25) is 6.82 Å². The maximum atomic E-state index is 5.33. The van der Waals surface area contributed by atoms with Crippen LogP contribution in [0.3, 0.4) is 0 Å². The maximum Gasteiger partial charge on any atom is 0.109 e. The molecule has 0 atom stereocenters. The lowest BCUT2D eigenvalue weighted by atomic mass is 9.98. The average molecular weight is 222 g/mol. The van der Waals surface area contributed by atoms with E-state index in [4.69, 9.17) is 7.85 Å². The molecule has 0 aliphatic carbocycles. The summed E-state index contributed by atoms with van der Waals surface area (Å²) in [6.07, 6.45) is 3.38. The Morgan fingerprint density at radius 1 is 1.00 bits per heavy atom. The molecule has 92 valence electrons. The van der Waals surface area contributed by atoms with Gasteiger partial charge in [0.2, 0.25) is 0 Å². The average Bonchev–Trinajstić information content (AvgIpc) is 2.76. The highest BCUT2D eigenvalue weighted by atomic mass is 14.9. The largest absolute Gasteiger partial charge is 0.317 e. The Kier molecular flexibility index (Phi) is 31.9. The summed E-state index contributed by atoms with van der Waals surface area (Å²) in [7, 11) is 9.83. The molecule has 16 heavy (non-hydrogen) atoms. The first-order valence-corrected chi connectivity index (χ1v) is 6.33. The van der Waals surface area contributed by atoms with Gasteiger partial charge in [-0.2, -0.15) is 0 Å². The van der Waals surface area contributed by atoms with Gasteiger partial charge in [0.05, 0.1) is 7.85 Å². The minimum absolute atomic E-state index is 0.875. The van der Waals surface area contributed by atoms with Crippen molar-refractivity contribution < 1.29 is 0 Å². The zero-order valence-electron chi connectivity index (χ0n) is 11.8. The zero-order chi connectivity index (χ0) is 13.2. The molecule has 0 amide bonds. The van der Waals surface area contributed by atoms with E-state index in [1.165, 1.54) is 26.3 Å². The smallest absolute Gasteiger partial charge is 0.109 e. The van der Waals surface area contributed by atoms with Crippen molar-refractivity contribution >= 4 is 15.7 Å². The summed E-state index contributed by atoms with van der Waals surface area (Å²) in [6.45, 7) is 13.8. The molecule has 2 aliphatic rings. The minimum Gasteiger partial charge on any atom is -0.317 e. The van der Waals surface area contributed by atoms with Crippen molar-refractivity contribution in [3.63, 3.8) is 0 Å². The molecule has 2 nitrogen and oxygen atoms in total. The Bertz CT molecular complexity index is 120. The summed E-state index contributed by atoms with van der Waals surface area (Å²) >= 11 is 0. The molecule has 1 fully saturated rings. The van der Waals surface area contributed by atoms with Crippen LogP contribution in [-0.4, -0.2) is 41.9 Å². The van der Waals surface area contributed by atoms with Crippen molar-refractivity contribution in [2.75, 3.05) is 26.2 Å². The van der Waals surface area contributed by atoms with E-state index >= 15 is 0 Å². The van der Waals surface area contributed by atoms with Crippen LogP contribution in [0.25, 0.3) is 0 Å². The van der Waals surface area contributed by atoms with Crippen molar-refractivity contribution in [1.29, 1.82) is 0 Å². The molecular weight excluding hydrogens is 194 g/mol. The molecular formula is C12H28B2N2. The first-order valence-electron chi connectivity index (χ1n) is 6.33. The van der Waals surface area contributed by atoms with E-state index in [-0.39, 0.29) is 0 Å². The number of hydrogen-bond acceptors (Lipinski definition) is 2. The van der Waals surface area contributed by atoms with Crippen LogP contribution < -0.4 is 10.6 Å². The first kappa shape index (κ1) is 21.1. The fourth-order valence-corrected chi connectivity index (χ4v) is 0.669. The van der Waals surface area contributed by atoms with E-state index in [1.54, 1.807) is 0 Å². The molecule has 2 N–H and O–H groups in total. The monoisotopic (exact) mass is 222 g/mol. The highest BCUT2D eigenvalue weighted by Crippen LogP contribution is 1.88. The second-order valence-electron chi connectivity index (χ2n) is 2.51.